The van der Waals surface area contributed by atoms with Crippen molar-refractivity contribution in [2.45, 2.75) is 70.6 Å². The van der Waals surface area contributed by atoms with Crippen LogP contribution in [0.15, 0.2) is 282 Å². The normalized spacial score (nSPS) is 14.1. The molecule has 27 heteroatoms. The molecule has 1 aliphatic heterocycles. The van der Waals surface area contributed by atoms with Crippen molar-refractivity contribution in [3.05, 3.63) is 332 Å². The minimum atomic E-state index is -0.235. The van der Waals surface area contributed by atoms with Gasteiger partial charge < -0.3 is 57.6 Å². The number of methoxy groups -OCH3 is 2. The van der Waals surface area contributed by atoms with Crippen molar-refractivity contribution in [1.82, 2.24) is 24.8 Å². The van der Waals surface area contributed by atoms with Gasteiger partial charge in [0.25, 0.3) is 23.6 Å². The fourth-order valence-corrected chi connectivity index (χ4v) is 14.0. The number of halogens is 4. The Hall–Kier alpha value is -12.8. The Morgan fingerprint density at radius 1 is 0.410 bits per heavy atom. The zero-order chi connectivity index (χ0) is 86.3. The van der Waals surface area contributed by atoms with Gasteiger partial charge in [0, 0.05) is 155 Å². The summed E-state index contributed by atoms with van der Waals surface area (Å²) in [5.41, 5.74) is 31.9. The molecule has 0 radical (unpaired) electrons. The second-order valence-electron chi connectivity index (χ2n) is 28.5. The number of aliphatic imine (C=N–C) groups is 3. The number of carbonyl (C=O) groups is 4. The number of amidine groups is 4. The van der Waals surface area contributed by atoms with Gasteiger partial charge in [-0.05, 0) is 203 Å². The number of amides is 4. The number of pyridine rings is 4. The molecule has 0 spiro atoms. The van der Waals surface area contributed by atoms with Crippen LogP contribution in [0.2, 0.25) is 20.1 Å². The van der Waals surface area contributed by atoms with E-state index in [9.17, 15) is 19.2 Å². The van der Waals surface area contributed by atoms with E-state index < -0.39 is 0 Å². The summed E-state index contributed by atoms with van der Waals surface area (Å²) in [6.45, 7) is 7.61. The molecule has 1 aliphatic carbocycles. The van der Waals surface area contributed by atoms with Crippen LogP contribution in [0.25, 0.3) is 45.0 Å². The largest absolute Gasteiger partial charge is 0.385 e. The summed E-state index contributed by atoms with van der Waals surface area (Å²) in [6.07, 6.45) is 13.7. The summed E-state index contributed by atoms with van der Waals surface area (Å²) in [4.78, 5) is 83.3. The minimum absolute atomic E-state index is 0.0829. The van der Waals surface area contributed by atoms with Gasteiger partial charge in [0.1, 0.15) is 23.3 Å². The number of nitrogens with zero attached hydrogens (tertiary/aromatic N) is 8. The number of benzene rings is 8. The van der Waals surface area contributed by atoms with Crippen molar-refractivity contribution in [3.8, 4) is 45.0 Å². The number of hydrogen-bond acceptors (Lipinski definition) is 15. The number of morpholine rings is 1. The Labute approximate surface area is 729 Å². The molecule has 2 aliphatic rings. The molecule has 5 heterocycles. The van der Waals surface area contributed by atoms with E-state index in [1.165, 1.54) is 19.3 Å². The van der Waals surface area contributed by atoms with E-state index in [4.69, 9.17) is 83.2 Å². The first kappa shape index (κ1) is 89.9. The molecule has 14 rings (SSSR count). The van der Waals surface area contributed by atoms with Gasteiger partial charge in [-0.1, -0.05) is 138 Å². The summed E-state index contributed by atoms with van der Waals surface area (Å²) in [5, 5.41) is 22.4. The summed E-state index contributed by atoms with van der Waals surface area (Å²) < 4.78 is 15.7. The standard InChI is InChI=1S/C25H25ClN4O2.C25H25ClN4O.C23H23ClN4O2.C22H21ClN4O2/c1-16-14-30(15-17(2)32-16)24(27)18-6-8-19(9-7-18)25(31)29-20-10-11-22(26)21(13-20)23-5-3-4-12-28-23;26-22-14-13-20(16-21(22)23-8-4-5-15-28-23)30-25(31)18-11-9-17(10-12-18)24(27)29-19-6-2-1-3-7-19;1-30-14-4-13-27-22(25)16-6-8-17(9-7-16)23(29)28-18-10-11-20(24)19(15-18)21-5-2-3-12-26-21;1-29-13-12-26-21(24)15-5-7-16(8-6-15)22(28)27-17-9-10-19(23)18(14-17)20-4-2-3-11-25-20/h3-13,16-17,27H,14-15H2,1-2H3,(H,29,31);4-5,8-16,19H,1-3,6-7H2,(H2,27,29)(H,30,31);2-3,5-12,15H,4,13-14H2,1H3,(H2,25,27)(H,28,29);2-11,14H,12-13H2,1H3,(H2,24,26)(H,27,28). The van der Waals surface area contributed by atoms with Gasteiger partial charge in [0.15, 0.2) is 0 Å². The average Bonchev–Trinajstić information content (AvgIpc) is 0.833. The van der Waals surface area contributed by atoms with E-state index in [1.807, 2.05) is 134 Å². The molecule has 12 aromatic rings. The molecule has 624 valence electrons. The van der Waals surface area contributed by atoms with Crippen LogP contribution >= 0.6 is 46.4 Å². The maximum absolute atomic E-state index is 12.8. The Morgan fingerprint density at radius 3 is 1.02 bits per heavy atom. The first-order valence-corrected chi connectivity index (χ1v) is 41.1. The molecule has 2 atom stereocenters. The highest BCUT2D eigenvalue weighted by atomic mass is 35.5. The van der Waals surface area contributed by atoms with Crippen LogP contribution in [0.5, 0.6) is 0 Å². The number of aromatic nitrogens is 4. The summed E-state index contributed by atoms with van der Waals surface area (Å²) in [5.74, 6) is 0.928. The predicted octanol–water partition coefficient (Wildman–Crippen LogP) is 19.2. The Kier molecular flexibility index (Phi) is 33.6. The van der Waals surface area contributed by atoms with E-state index in [1.54, 1.807) is 166 Å². The molecule has 8 aromatic carbocycles. The van der Waals surface area contributed by atoms with Crippen molar-refractivity contribution in [1.29, 1.82) is 5.41 Å². The van der Waals surface area contributed by atoms with Gasteiger partial charge >= 0.3 is 0 Å². The molecule has 1 saturated heterocycles. The number of ether oxygens (including phenoxy) is 3. The monoisotopic (exact) mass is 1710 g/mol. The minimum Gasteiger partial charge on any atom is -0.385 e. The Morgan fingerprint density at radius 2 is 0.713 bits per heavy atom. The first-order valence-electron chi connectivity index (χ1n) is 39.6. The zero-order valence-corrected chi connectivity index (χ0v) is 70.8. The van der Waals surface area contributed by atoms with Crippen LogP contribution in [-0.4, -0.2) is 144 Å². The van der Waals surface area contributed by atoms with Gasteiger partial charge in [-0.15, -0.1) is 0 Å². The lowest BCUT2D eigenvalue weighted by atomic mass is 9.96. The van der Waals surface area contributed by atoms with Gasteiger partial charge in [0.05, 0.1) is 74.3 Å². The van der Waals surface area contributed by atoms with Crippen molar-refractivity contribution in [2.24, 2.45) is 32.2 Å². The molecule has 2 unspecified atom stereocenters. The highest BCUT2D eigenvalue weighted by molar-refractivity contribution is 6.35. The molecule has 4 amide bonds. The van der Waals surface area contributed by atoms with Crippen LogP contribution in [0.1, 0.15) is 116 Å². The molecular formula is C95H94Cl4N16O7. The lowest BCUT2D eigenvalue weighted by Gasteiger charge is -2.36. The summed E-state index contributed by atoms with van der Waals surface area (Å²) >= 11 is 25.2. The summed E-state index contributed by atoms with van der Waals surface area (Å²) in [7, 11) is 3.26. The topological polar surface area (TPSA) is 338 Å². The van der Waals surface area contributed by atoms with Crippen molar-refractivity contribution in [3.63, 3.8) is 0 Å². The molecule has 23 nitrogen and oxygen atoms in total. The quantitative estimate of drug-likeness (QED) is 0.0158. The van der Waals surface area contributed by atoms with Crippen LogP contribution < -0.4 is 38.5 Å². The van der Waals surface area contributed by atoms with E-state index in [-0.39, 0.29) is 35.8 Å². The van der Waals surface area contributed by atoms with E-state index in [0.29, 0.717) is 134 Å². The second kappa shape index (κ2) is 45.5. The molecule has 2 fully saturated rings. The number of carbonyl (C=O) groups excluding carboxylic acids is 4. The Bertz CT molecular complexity index is 5590. The van der Waals surface area contributed by atoms with Gasteiger partial charge in [0.2, 0.25) is 0 Å². The molecule has 122 heavy (non-hydrogen) atoms. The molecule has 4 aromatic heterocycles. The third kappa shape index (κ3) is 26.3. The Balaban J connectivity index is 0.000000159. The third-order valence-corrected chi connectivity index (χ3v) is 20.7. The van der Waals surface area contributed by atoms with Crippen molar-refractivity contribution in [2.75, 3.05) is 74.9 Å². The number of nitrogens with one attached hydrogen (secondary N) is 5. The fourth-order valence-electron chi connectivity index (χ4n) is 13.1. The lowest BCUT2D eigenvalue weighted by molar-refractivity contribution is -0.0480. The number of anilines is 4. The maximum atomic E-state index is 12.8. The zero-order valence-electron chi connectivity index (χ0n) is 67.8. The van der Waals surface area contributed by atoms with Crippen LogP contribution in [-0.2, 0) is 14.2 Å². The highest BCUT2D eigenvalue weighted by Crippen LogP contribution is 2.34. The SMILES string of the molecule is CC1CN(C(=N)c2ccc(C(=O)Nc3ccc(Cl)c(-c4ccccn4)c3)cc2)CC(C)O1.COCCCN=C(N)c1ccc(C(=O)Nc2ccc(Cl)c(-c3ccccn3)c2)cc1.COCCN=C(N)c1ccc(C(=O)Nc2ccc(Cl)c(-c3ccccn3)c2)cc1.NC(=NC1CCCCC1)c1ccc(C(=O)Nc2ccc(Cl)c(-c3ccccn3)c2)cc1. The smallest absolute Gasteiger partial charge is 0.255 e. The van der Waals surface area contributed by atoms with Gasteiger partial charge in [-0.3, -0.25) is 59.5 Å². The average molecular weight is 1710 g/mol. The van der Waals surface area contributed by atoms with E-state index in [0.717, 1.165) is 86.5 Å². The number of rotatable bonds is 24. The fraction of sp³-hybridized carbons (Fsp3) is 0.200. The molecule has 11 N–H and O–H groups in total. The molecular weight excluding hydrogens is 1620 g/mol. The van der Waals surface area contributed by atoms with Crippen LogP contribution in [0.4, 0.5) is 22.7 Å². The van der Waals surface area contributed by atoms with Crippen molar-refractivity contribution < 1.29 is 33.4 Å². The lowest BCUT2D eigenvalue weighted by Crippen LogP contribution is -2.48. The van der Waals surface area contributed by atoms with E-state index >= 15 is 0 Å². The molecule has 1 saturated carbocycles. The molecule has 0 bridgehead atoms. The van der Waals surface area contributed by atoms with Gasteiger partial charge in [-0.2, -0.15) is 0 Å². The van der Waals surface area contributed by atoms with Crippen LogP contribution in [0, 0.1) is 5.41 Å². The second-order valence-corrected chi connectivity index (χ2v) is 30.1. The van der Waals surface area contributed by atoms with Crippen LogP contribution in [0.3, 0.4) is 0 Å². The predicted molar refractivity (Wildman–Crippen MR) is 492 cm³/mol. The maximum Gasteiger partial charge on any atom is 0.255 e. The number of nitrogens with two attached hydrogens (primary N) is 3. The van der Waals surface area contributed by atoms with Crippen molar-refractivity contribution >= 4 is 116 Å². The number of hydrogen-bond donors (Lipinski definition) is 8. The van der Waals surface area contributed by atoms with Gasteiger partial charge in [-0.25, -0.2) is 0 Å². The highest BCUT2D eigenvalue weighted by Gasteiger charge is 2.26. The first-order chi connectivity index (χ1) is 59.2. The van der Waals surface area contributed by atoms with E-state index in [2.05, 4.69) is 56.2 Å². The summed E-state index contributed by atoms with van der Waals surface area (Å²) in [6, 6.07) is 72.3. The third-order valence-electron chi connectivity index (χ3n) is 19.4.